The fraction of sp³-hybridized carbons (Fsp3) is 0.562. The Morgan fingerprint density at radius 2 is 2.29 bits per heavy atom. The lowest BCUT2D eigenvalue weighted by atomic mass is 9.97. The second-order valence-corrected chi connectivity index (χ2v) is 7.65. The van der Waals surface area contributed by atoms with Gasteiger partial charge in [0.25, 0.3) is 0 Å². The maximum absolute atomic E-state index is 12.9. The summed E-state index contributed by atoms with van der Waals surface area (Å²) in [5, 5.41) is 6.49. The number of anilines is 1. The molecule has 2 saturated heterocycles. The van der Waals surface area contributed by atoms with E-state index in [1.807, 2.05) is 6.92 Å². The number of ether oxygens (including phenoxy) is 1. The molecule has 0 unspecified atom stereocenters. The van der Waals surface area contributed by atoms with Gasteiger partial charge in [0, 0.05) is 31.4 Å². The Morgan fingerprint density at radius 3 is 3.04 bits per heavy atom. The van der Waals surface area contributed by atoms with Crippen molar-refractivity contribution in [3.8, 4) is 0 Å². The second kappa shape index (κ2) is 6.34. The van der Waals surface area contributed by atoms with Crippen molar-refractivity contribution in [3.05, 3.63) is 34.3 Å². The average Bonchev–Trinajstić information content (AvgIpc) is 3.25. The van der Waals surface area contributed by atoms with Crippen molar-refractivity contribution in [3.63, 3.8) is 0 Å². The summed E-state index contributed by atoms with van der Waals surface area (Å²) in [6.07, 6.45) is 4.29. The van der Waals surface area contributed by atoms with Crippen LogP contribution in [0.25, 0.3) is 0 Å². The van der Waals surface area contributed by atoms with Crippen LogP contribution in [0.15, 0.2) is 17.8 Å². The van der Waals surface area contributed by atoms with Gasteiger partial charge >= 0.3 is 0 Å². The Balaban J connectivity index is 1.33. The van der Waals surface area contributed by atoms with E-state index in [-0.39, 0.29) is 11.6 Å². The highest BCUT2D eigenvalue weighted by atomic mass is 32.1. The number of aryl methyl sites for hydroxylation is 1. The number of thiazole rings is 1. The predicted molar refractivity (Wildman–Crippen MR) is 89.4 cm³/mol. The molecule has 128 valence electrons. The van der Waals surface area contributed by atoms with Crippen molar-refractivity contribution in [1.82, 2.24) is 19.9 Å². The van der Waals surface area contributed by atoms with E-state index in [0.29, 0.717) is 12.6 Å². The molecule has 0 aliphatic carbocycles. The predicted octanol–water partition coefficient (Wildman–Crippen LogP) is 2.23. The van der Waals surface area contributed by atoms with Crippen molar-refractivity contribution in [2.24, 2.45) is 0 Å². The Bertz CT molecular complexity index is 709. The number of nitrogens with zero attached hydrogens (tertiary/aromatic N) is 4. The van der Waals surface area contributed by atoms with Crippen LogP contribution in [-0.4, -0.2) is 51.2 Å². The first kappa shape index (κ1) is 15.9. The van der Waals surface area contributed by atoms with Gasteiger partial charge in [-0.05, 0) is 13.3 Å². The highest BCUT2D eigenvalue weighted by molar-refractivity contribution is 7.09. The van der Waals surface area contributed by atoms with E-state index in [1.165, 1.54) is 12.4 Å². The van der Waals surface area contributed by atoms with Crippen LogP contribution < -0.4 is 5.32 Å². The summed E-state index contributed by atoms with van der Waals surface area (Å²) in [7, 11) is 0. The van der Waals surface area contributed by atoms with E-state index in [1.54, 1.807) is 11.3 Å². The van der Waals surface area contributed by atoms with Gasteiger partial charge in [-0.15, -0.1) is 11.3 Å². The van der Waals surface area contributed by atoms with Crippen molar-refractivity contribution in [1.29, 1.82) is 0 Å². The summed E-state index contributed by atoms with van der Waals surface area (Å²) < 4.78 is 19.0. The largest absolute Gasteiger partial charge is 0.371 e. The zero-order valence-corrected chi connectivity index (χ0v) is 14.4. The molecule has 0 bridgehead atoms. The van der Waals surface area contributed by atoms with Gasteiger partial charge in [0.2, 0.25) is 5.95 Å². The summed E-state index contributed by atoms with van der Waals surface area (Å²) in [5.74, 6) is 0.0262. The summed E-state index contributed by atoms with van der Waals surface area (Å²) in [6.45, 7) is 5.49. The third-order valence-electron chi connectivity index (χ3n) is 4.61. The van der Waals surface area contributed by atoms with E-state index in [9.17, 15) is 4.39 Å². The number of rotatable bonds is 4. The molecule has 2 aliphatic heterocycles. The standard InChI is InChI=1S/C16H20FN5OS/c1-11-20-14(9-24-11)7-22-3-2-16(10-22)4-13(8-23-16)21-15-18-5-12(17)6-19-15/h5-6,9,13H,2-4,7-8,10H2,1H3,(H,18,19,21)/t13-,16+/m1/s1. The highest BCUT2D eigenvalue weighted by Crippen LogP contribution is 2.36. The molecule has 2 aromatic heterocycles. The number of halogens is 1. The number of aromatic nitrogens is 3. The molecule has 2 aliphatic rings. The molecule has 0 saturated carbocycles. The smallest absolute Gasteiger partial charge is 0.223 e. The SMILES string of the molecule is Cc1nc(CN2CC[C@]3(C[C@@H](Nc4ncc(F)cn4)CO3)C2)cs1. The zero-order chi connectivity index (χ0) is 16.6. The van der Waals surface area contributed by atoms with E-state index < -0.39 is 5.82 Å². The van der Waals surface area contributed by atoms with Crippen LogP contribution in [0.5, 0.6) is 0 Å². The van der Waals surface area contributed by atoms with Gasteiger partial charge in [-0.2, -0.15) is 0 Å². The zero-order valence-electron chi connectivity index (χ0n) is 13.5. The van der Waals surface area contributed by atoms with Crippen molar-refractivity contribution in [2.75, 3.05) is 25.0 Å². The molecular weight excluding hydrogens is 329 g/mol. The van der Waals surface area contributed by atoms with E-state index in [2.05, 4.69) is 30.5 Å². The Labute approximate surface area is 144 Å². The minimum absolute atomic E-state index is 0.0945. The van der Waals surface area contributed by atoms with Crippen LogP contribution >= 0.6 is 11.3 Å². The summed E-state index contributed by atoms with van der Waals surface area (Å²) in [4.78, 5) is 14.9. The van der Waals surface area contributed by atoms with Crippen LogP contribution in [0.4, 0.5) is 10.3 Å². The maximum Gasteiger partial charge on any atom is 0.223 e. The molecule has 8 heteroatoms. The van der Waals surface area contributed by atoms with Crippen molar-refractivity contribution in [2.45, 2.75) is 38.0 Å². The minimum Gasteiger partial charge on any atom is -0.371 e. The Hall–Kier alpha value is -1.64. The molecule has 4 heterocycles. The molecule has 2 atom stereocenters. The van der Waals surface area contributed by atoms with E-state index >= 15 is 0 Å². The molecule has 0 aromatic carbocycles. The van der Waals surface area contributed by atoms with Gasteiger partial charge in [-0.1, -0.05) is 0 Å². The lowest BCUT2D eigenvalue weighted by Crippen LogP contribution is -2.33. The van der Waals surface area contributed by atoms with Gasteiger partial charge in [0.15, 0.2) is 5.82 Å². The van der Waals surface area contributed by atoms with Crippen LogP contribution in [0.1, 0.15) is 23.5 Å². The lowest BCUT2D eigenvalue weighted by molar-refractivity contribution is 0.0119. The molecule has 1 spiro atoms. The normalized spacial score (nSPS) is 27.2. The lowest BCUT2D eigenvalue weighted by Gasteiger charge is -2.23. The first-order chi connectivity index (χ1) is 11.6. The quantitative estimate of drug-likeness (QED) is 0.913. The van der Waals surface area contributed by atoms with Crippen LogP contribution in [-0.2, 0) is 11.3 Å². The van der Waals surface area contributed by atoms with Crippen LogP contribution in [0.2, 0.25) is 0 Å². The average molecular weight is 349 g/mol. The molecule has 0 radical (unpaired) electrons. The number of likely N-dealkylation sites (tertiary alicyclic amines) is 1. The molecule has 24 heavy (non-hydrogen) atoms. The van der Waals surface area contributed by atoms with Crippen LogP contribution in [0.3, 0.4) is 0 Å². The summed E-state index contributed by atoms with van der Waals surface area (Å²) >= 11 is 1.69. The molecule has 1 N–H and O–H groups in total. The first-order valence-electron chi connectivity index (χ1n) is 8.12. The number of hydrogen-bond acceptors (Lipinski definition) is 7. The monoisotopic (exact) mass is 349 g/mol. The third kappa shape index (κ3) is 3.40. The number of hydrogen-bond donors (Lipinski definition) is 1. The second-order valence-electron chi connectivity index (χ2n) is 6.58. The molecule has 2 fully saturated rings. The Morgan fingerprint density at radius 1 is 1.46 bits per heavy atom. The molecule has 2 aromatic rings. The van der Waals surface area contributed by atoms with Crippen molar-refractivity contribution >= 4 is 17.3 Å². The topological polar surface area (TPSA) is 63.2 Å². The maximum atomic E-state index is 12.9. The van der Waals surface area contributed by atoms with Crippen LogP contribution in [0, 0.1) is 12.7 Å². The Kier molecular flexibility index (Phi) is 4.19. The van der Waals surface area contributed by atoms with E-state index in [0.717, 1.165) is 43.2 Å². The first-order valence-corrected chi connectivity index (χ1v) is 9.00. The van der Waals surface area contributed by atoms with Crippen molar-refractivity contribution < 1.29 is 9.13 Å². The molecule has 6 nitrogen and oxygen atoms in total. The summed E-state index contributed by atoms with van der Waals surface area (Å²) in [6, 6.07) is 0.164. The minimum atomic E-state index is -0.427. The van der Waals surface area contributed by atoms with Gasteiger partial charge in [0.05, 0.1) is 41.3 Å². The van der Waals surface area contributed by atoms with Gasteiger partial charge in [-0.25, -0.2) is 19.3 Å². The molecule has 4 rings (SSSR count). The molecule has 0 amide bonds. The van der Waals surface area contributed by atoms with E-state index in [4.69, 9.17) is 4.74 Å². The van der Waals surface area contributed by atoms with Gasteiger partial charge in [0.1, 0.15) is 0 Å². The summed E-state index contributed by atoms with van der Waals surface area (Å²) in [5.41, 5.74) is 1.05. The highest BCUT2D eigenvalue weighted by Gasteiger charge is 2.45. The molecular formula is C16H20FN5OS. The van der Waals surface area contributed by atoms with Gasteiger partial charge < -0.3 is 10.1 Å². The fourth-order valence-corrected chi connectivity index (χ4v) is 4.17. The fourth-order valence-electron chi connectivity index (χ4n) is 3.56. The number of nitrogens with one attached hydrogen (secondary N) is 1. The third-order valence-corrected chi connectivity index (χ3v) is 5.43. The van der Waals surface area contributed by atoms with Gasteiger partial charge in [-0.3, -0.25) is 4.90 Å².